The van der Waals surface area contributed by atoms with Crippen LogP contribution in [0.5, 0.6) is 0 Å². The van der Waals surface area contributed by atoms with E-state index in [9.17, 15) is 9.90 Å². The number of nitrogens with zero attached hydrogens (tertiary/aromatic N) is 2. The fourth-order valence-electron chi connectivity index (χ4n) is 1.48. The minimum Gasteiger partial charge on any atom is -0.389 e. The zero-order valence-electron chi connectivity index (χ0n) is 9.97. The van der Waals surface area contributed by atoms with E-state index < -0.39 is 5.60 Å². The van der Waals surface area contributed by atoms with Crippen LogP contribution in [0.4, 0.5) is 0 Å². The number of amides is 1. The average molecular weight is 222 g/mol. The van der Waals surface area contributed by atoms with Crippen molar-refractivity contribution in [1.29, 1.82) is 0 Å². The molecule has 16 heavy (non-hydrogen) atoms. The molecule has 0 saturated heterocycles. The van der Waals surface area contributed by atoms with E-state index in [1.807, 2.05) is 12.1 Å². The summed E-state index contributed by atoms with van der Waals surface area (Å²) in [6, 6.07) is 3.63. The van der Waals surface area contributed by atoms with Gasteiger partial charge in [-0.25, -0.2) is 0 Å². The van der Waals surface area contributed by atoms with Gasteiger partial charge in [-0.3, -0.25) is 9.78 Å². The van der Waals surface area contributed by atoms with Gasteiger partial charge in [0.25, 0.3) is 0 Å². The number of pyridine rings is 1. The predicted octanol–water partition coefficient (Wildman–Crippen LogP) is 0.853. The maximum atomic E-state index is 11.8. The molecule has 0 aliphatic heterocycles. The van der Waals surface area contributed by atoms with Crippen LogP contribution in [0.2, 0.25) is 0 Å². The van der Waals surface area contributed by atoms with Crippen molar-refractivity contribution in [3.05, 3.63) is 30.1 Å². The molecule has 0 unspecified atom stereocenters. The fraction of sp³-hybridized carbons (Fsp3) is 0.500. The van der Waals surface area contributed by atoms with E-state index >= 15 is 0 Å². The molecule has 0 spiro atoms. The first-order chi connectivity index (χ1) is 7.38. The van der Waals surface area contributed by atoms with Crippen LogP contribution in [0.15, 0.2) is 24.5 Å². The van der Waals surface area contributed by atoms with Gasteiger partial charge < -0.3 is 10.0 Å². The predicted molar refractivity (Wildman–Crippen MR) is 61.9 cm³/mol. The lowest BCUT2D eigenvalue weighted by molar-refractivity contribution is -0.131. The Morgan fingerprint density at radius 3 is 2.50 bits per heavy atom. The maximum Gasteiger partial charge on any atom is 0.226 e. The van der Waals surface area contributed by atoms with Crippen molar-refractivity contribution in [1.82, 2.24) is 9.88 Å². The number of aromatic nitrogens is 1. The van der Waals surface area contributed by atoms with Crippen LogP contribution < -0.4 is 0 Å². The van der Waals surface area contributed by atoms with Gasteiger partial charge in [0.1, 0.15) is 0 Å². The van der Waals surface area contributed by atoms with Gasteiger partial charge in [-0.15, -0.1) is 0 Å². The van der Waals surface area contributed by atoms with E-state index in [0.29, 0.717) is 13.0 Å². The third-order valence-electron chi connectivity index (χ3n) is 2.15. The lowest BCUT2D eigenvalue weighted by Crippen LogP contribution is -2.40. The summed E-state index contributed by atoms with van der Waals surface area (Å²) in [5, 5.41) is 9.60. The van der Waals surface area contributed by atoms with Crippen molar-refractivity contribution in [2.75, 3.05) is 13.6 Å². The molecule has 4 nitrogen and oxygen atoms in total. The van der Waals surface area contributed by atoms with Crippen LogP contribution in [-0.2, 0) is 11.2 Å². The Labute approximate surface area is 95.9 Å². The molecule has 1 amide bonds. The Bertz CT molecular complexity index is 344. The topological polar surface area (TPSA) is 53.4 Å². The van der Waals surface area contributed by atoms with Crippen LogP contribution in [0, 0.1) is 0 Å². The highest BCUT2D eigenvalue weighted by molar-refractivity contribution is 5.78. The molecule has 0 radical (unpaired) electrons. The van der Waals surface area contributed by atoms with Gasteiger partial charge in [-0.05, 0) is 31.5 Å². The van der Waals surface area contributed by atoms with Gasteiger partial charge in [0.05, 0.1) is 12.0 Å². The van der Waals surface area contributed by atoms with Crippen molar-refractivity contribution in [3.8, 4) is 0 Å². The zero-order chi connectivity index (χ0) is 12.2. The van der Waals surface area contributed by atoms with Gasteiger partial charge in [0.2, 0.25) is 5.91 Å². The number of likely N-dealkylation sites (N-methyl/N-ethyl adjacent to an activating group) is 1. The lowest BCUT2D eigenvalue weighted by atomic mass is 10.1. The number of carbonyl (C=O) groups excluding carboxylic acids is 1. The second-order valence-corrected chi connectivity index (χ2v) is 4.59. The first kappa shape index (κ1) is 12.6. The van der Waals surface area contributed by atoms with E-state index in [1.165, 1.54) is 0 Å². The molecule has 1 aromatic rings. The number of aliphatic hydroxyl groups is 1. The molecular weight excluding hydrogens is 204 g/mol. The Hall–Kier alpha value is -1.42. The summed E-state index contributed by atoms with van der Waals surface area (Å²) in [6.07, 6.45) is 3.67. The minimum absolute atomic E-state index is 0.00618. The largest absolute Gasteiger partial charge is 0.389 e. The van der Waals surface area contributed by atoms with Crippen LogP contribution in [0.1, 0.15) is 19.4 Å². The zero-order valence-corrected chi connectivity index (χ0v) is 9.97. The third kappa shape index (κ3) is 4.40. The average Bonchev–Trinajstić information content (AvgIpc) is 2.16. The third-order valence-corrected chi connectivity index (χ3v) is 2.15. The maximum absolute atomic E-state index is 11.8. The fourth-order valence-corrected chi connectivity index (χ4v) is 1.48. The van der Waals surface area contributed by atoms with Gasteiger partial charge in [0.15, 0.2) is 0 Å². The molecule has 88 valence electrons. The highest BCUT2D eigenvalue weighted by Crippen LogP contribution is 2.06. The standard InChI is InChI=1S/C12H18N2O2/c1-12(2,16)9-14(3)11(15)8-10-4-6-13-7-5-10/h4-7,16H,8-9H2,1-3H3. The second kappa shape index (κ2) is 5.07. The summed E-state index contributed by atoms with van der Waals surface area (Å²) < 4.78 is 0. The van der Waals surface area contributed by atoms with Gasteiger partial charge in [-0.1, -0.05) is 0 Å². The summed E-state index contributed by atoms with van der Waals surface area (Å²) in [5.41, 5.74) is 0.0745. The summed E-state index contributed by atoms with van der Waals surface area (Å²) in [7, 11) is 1.70. The first-order valence-electron chi connectivity index (χ1n) is 5.24. The second-order valence-electron chi connectivity index (χ2n) is 4.59. The van der Waals surface area contributed by atoms with Crippen LogP contribution in [0.3, 0.4) is 0 Å². The minimum atomic E-state index is -0.858. The quantitative estimate of drug-likeness (QED) is 0.821. The number of hydrogen-bond donors (Lipinski definition) is 1. The Morgan fingerprint density at radius 2 is 2.00 bits per heavy atom. The Kier molecular flexibility index (Phi) is 4.01. The van der Waals surface area contributed by atoms with Gasteiger partial charge in [-0.2, -0.15) is 0 Å². The molecule has 1 N–H and O–H groups in total. The summed E-state index contributed by atoms with van der Waals surface area (Å²) in [4.78, 5) is 17.2. The molecule has 4 heteroatoms. The van der Waals surface area contributed by atoms with Crippen molar-refractivity contribution >= 4 is 5.91 Å². The van der Waals surface area contributed by atoms with Gasteiger partial charge >= 0.3 is 0 Å². The highest BCUT2D eigenvalue weighted by Gasteiger charge is 2.19. The first-order valence-corrected chi connectivity index (χ1v) is 5.24. The SMILES string of the molecule is CN(CC(C)(C)O)C(=O)Cc1ccncc1. The van der Waals surface area contributed by atoms with E-state index in [2.05, 4.69) is 4.98 Å². The molecular formula is C12H18N2O2. The smallest absolute Gasteiger partial charge is 0.226 e. The van der Waals surface area contributed by atoms with Crippen molar-refractivity contribution in [2.45, 2.75) is 25.9 Å². The molecule has 0 fully saturated rings. The van der Waals surface area contributed by atoms with Gasteiger partial charge in [0, 0.05) is 26.0 Å². The molecule has 1 rings (SSSR count). The van der Waals surface area contributed by atoms with Crippen LogP contribution in [-0.4, -0.2) is 40.1 Å². The summed E-state index contributed by atoms with van der Waals surface area (Å²) in [5.74, 6) is -0.00618. The molecule has 0 bridgehead atoms. The normalized spacial score (nSPS) is 11.2. The molecule has 0 aliphatic carbocycles. The summed E-state index contributed by atoms with van der Waals surface area (Å²) in [6.45, 7) is 3.70. The molecule has 1 aromatic heterocycles. The molecule has 0 saturated carbocycles. The lowest BCUT2D eigenvalue weighted by Gasteiger charge is -2.25. The monoisotopic (exact) mass is 222 g/mol. The van der Waals surface area contributed by atoms with E-state index in [4.69, 9.17) is 0 Å². The molecule has 1 heterocycles. The Balaban J connectivity index is 2.53. The van der Waals surface area contributed by atoms with Crippen molar-refractivity contribution < 1.29 is 9.90 Å². The highest BCUT2D eigenvalue weighted by atomic mass is 16.3. The number of hydrogen-bond acceptors (Lipinski definition) is 3. The van der Waals surface area contributed by atoms with Crippen LogP contribution >= 0.6 is 0 Å². The number of rotatable bonds is 4. The Morgan fingerprint density at radius 1 is 1.44 bits per heavy atom. The van der Waals surface area contributed by atoms with E-state index in [1.54, 1.807) is 38.2 Å². The molecule has 0 aromatic carbocycles. The summed E-state index contributed by atoms with van der Waals surface area (Å²) >= 11 is 0. The van der Waals surface area contributed by atoms with Crippen molar-refractivity contribution in [2.24, 2.45) is 0 Å². The number of carbonyl (C=O) groups is 1. The van der Waals surface area contributed by atoms with E-state index in [-0.39, 0.29) is 5.91 Å². The van der Waals surface area contributed by atoms with E-state index in [0.717, 1.165) is 5.56 Å². The van der Waals surface area contributed by atoms with Crippen LogP contribution in [0.25, 0.3) is 0 Å². The van der Waals surface area contributed by atoms with Crippen molar-refractivity contribution in [3.63, 3.8) is 0 Å². The molecule has 0 atom stereocenters. The molecule has 0 aliphatic rings.